The van der Waals surface area contributed by atoms with Crippen LogP contribution in [0.1, 0.15) is 22.3 Å². The average molecular weight is 291 g/mol. The standard InChI is InChI=1S/C11H9BrF2O2/c12-4-2-1-3-7-5-8(11(15)16)10(14)6-9(7)13/h1,3,5-6H,2,4H2,(H,15,16). The lowest BCUT2D eigenvalue weighted by Crippen LogP contribution is -2.02. The van der Waals surface area contributed by atoms with E-state index in [4.69, 9.17) is 5.11 Å². The molecular weight excluding hydrogens is 282 g/mol. The first kappa shape index (κ1) is 12.8. The SMILES string of the molecule is O=C(O)c1cc(C=CCCBr)c(F)cc1F. The molecule has 0 heterocycles. The molecule has 0 bridgehead atoms. The Bertz CT molecular complexity index is 430. The van der Waals surface area contributed by atoms with Gasteiger partial charge in [0.25, 0.3) is 0 Å². The first-order valence-electron chi connectivity index (χ1n) is 4.51. The van der Waals surface area contributed by atoms with Gasteiger partial charge in [-0.3, -0.25) is 0 Å². The van der Waals surface area contributed by atoms with Crippen molar-refractivity contribution in [2.75, 3.05) is 5.33 Å². The van der Waals surface area contributed by atoms with Crippen LogP contribution in [0.3, 0.4) is 0 Å². The number of halogens is 3. The van der Waals surface area contributed by atoms with Gasteiger partial charge in [-0.05, 0) is 12.5 Å². The largest absolute Gasteiger partial charge is 0.478 e. The fourth-order valence-corrected chi connectivity index (χ4v) is 1.39. The summed E-state index contributed by atoms with van der Waals surface area (Å²) in [5, 5.41) is 9.38. The Hall–Kier alpha value is -1.23. The molecule has 1 aromatic carbocycles. The maximum absolute atomic E-state index is 13.2. The van der Waals surface area contributed by atoms with Gasteiger partial charge in [-0.1, -0.05) is 28.1 Å². The lowest BCUT2D eigenvalue weighted by molar-refractivity contribution is 0.0691. The first-order chi connectivity index (χ1) is 7.56. The lowest BCUT2D eigenvalue weighted by Gasteiger charge is -2.01. The number of benzene rings is 1. The topological polar surface area (TPSA) is 37.3 Å². The number of alkyl halides is 1. The van der Waals surface area contributed by atoms with E-state index in [1.54, 1.807) is 6.08 Å². The monoisotopic (exact) mass is 290 g/mol. The van der Waals surface area contributed by atoms with Crippen LogP contribution in [0.2, 0.25) is 0 Å². The molecule has 0 aliphatic heterocycles. The van der Waals surface area contributed by atoms with Crippen LogP contribution in [0.15, 0.2) is 18.2 Å². The molecular formula is C11H9BrF2O2. The summed E-state index contributed by atoms with van der Waals surface area (Å²) in [7, 11) is 0. The average Bonchev–Trinajstić information content (AvgIpc) is 2.21. The summed E-state index contributed by atoms with van der Waals surface area (Å²) in [6.45, 7) is 0. The van der Waals surface area contributed by atoms with Gasteiger partial charge in [-0.2, -0.15) is 0 Å². The Balaban J connectivity index is 3.09. The molecule has 1 N–H and O–H groups in total. The quantitative estimate of drug-likeness (QED) is 0.863. The molecule has 0 saturated carbocycles. The minimum absolute atomic E-state index is 0.0692. The van der Waals surface area contributed by atoms with Crippen LogP contribution in [0, 0.1) is 11.6 Å². The van der Waals surface area contributed by atoms with Gasteiger partial charge in [-0.15, -0.1) is 0 Å². The second-order valence-electron chi connectivity index (χ2n) is 3.04. The molecule has 0 saturated heterocycles. The van der Waals surface area contributed by atoms with Crippen LogP contribution in [-0.4, -0.2) is 16.4 Å². The fraction of sp³-hybridized carbons (Fsp3) is 0.182. The fourth-order valence-electron chi connectivity index (χ4n) is 1.13. The second-order valence-corrected chi connectivity index (χ2v) is 3.83. The maximum atomic E-state index is 13.2. The van der Waals surface area contributed by atoms with E-state index in [0.29, 0.717) is 12.5 Å². The van der Waals surface area contributed by atoms with Crippen molar-refractivity contribution in [2.45, 2.75) is 6.42 Å². The molecule has 2 nitrogen and oxygen atoms in total. The number of carbonyl (C=O) groups is 1. The molecule has 1 rings (SSSR count). The molecule has 0 atom stereocenters. The Morgan fingerprint density at radius 1 is 1.38 bits per heavy atom. The molecule has 0 amide bonds. The highest BCUT2D eigenvalue weighted by atomic mass is 79.9. The first-order valence-corrected chi connectivity index (χ1v) is 5.63. The molecule has 16 heavy (non-hydrogen) atoms. The van der Waals surface area contributed by atoms with Crippen LogP contribution in [0.25, 0.3) is 6.08 Å². The molecule has 0 aromatic heterocycles. The highest BCUT2D eigenvalue weighted by Gasteiger charge is 2.13. The van der Waals surface area contributed by atoms with E-state index in [1.807, 2.05) is 0 Å². The molecule has 1 aromatic rings. The van der Waals surface area contributed by atoms with Gasteiger partial charge in [-0.25, -0.2) is 13.6 Å². The number of carboxylic acids is 1. The van der Waals surface area contributed by atoms with Gasteiger partial charge < -0.3 is 5.11 Å². The van der Waals surface area contributed by atoms with E-state index in [-0.39, 0.29) is 5.56 Å². The van der Waals surface area contributed by atoms with E-state index in [0.717, 1.165) is 11.4 Å². The molecule has 0 unspecified atom stereocenters. The molecule has 5 heteroatoms. The zero-order valence-corrected chi connectivity index (χ0v) is 9.80. The van der Waals surface area contributed by atoms with Crippen LogP contribution in [0.4, 0.5) is 8.78 Å². The summed E-state index contributed by atoms with van der Waals surface area (Å²) in [5.74, 6) is -3.25. The molecule has 0 aliphatic carbocycles. The van der Waals surface area contributed by atoms with E-state index in [9.17, 15) is 13.6 Å². The third-order valence-corrected chi connectivity index (χ3v) is 2.35. The summed E-state index contributed by atoms with van der Waals surface area (Å²) in [4.78, 5) is 10.6. The van der Waals surface area contributed by atoms with E-state index in [2.05, 4.69) is 15.9 Å². The van der Waals surface area contributed by atoms with Gasteiger partial charge in [0.1, 0.15) is 11.6 Å². The van der Waals surface area contributed by atoms with E-state index in [1.165, 1.54) is 6.08 Å². The van der Waals surface area contributed by atoms with Crippen molar-refractivity contribution in [1.82, 2.24) is 0 Å². The van der Waals surface area contributed by atoms with Crippen molar-refractivity contribution < 1.29 is 18.7 Å². The van der Waals surface area contributed by atoms with Gasteiger partial charge in [0.2, 0.25) is 0 Å². The minimum atomic E-state index is -1.41. The smallest absolute Gasteiger partial charge is 0.338 e. The van der Waals surface area contributed by atoms with Crippen molar-refractivity contribution in [2.24, 2.45) is 0 Å². The second kappa shape index (κ2) is 5.75. The van der Waals surface area contributed by atoms with Crippen molar-refractivity contribution in [3.05, 3.63) is 41.0 Å². The number of rotatable bonds is 4. The molecule has 0 fully saturated rings. The summed E-state index contributed by atoms with van der Waals surface area (Å²) in [6, 6.07) is 1.56. The van der Waals surface area contributed by atoms with Crippen molar-refractivity contribution in [3.63, 3.8) is 0 Å². The highest BCUT2D eigenvalue weighted by molar-refractivity contribution is 9.09. The van der Waals surface area contributed by atoms with E-state index >= 15 is 0 Å². The van der Waals surface area contributed by atoms with Gasteiger partial charge in [0.05, 0.1) is 5.56 Å². The molecule has 0 spiro atoms. The van der Waals surface area contributed by atoms with Crippen LogP contribution >= 0.6 is 15.9 Å². The minimum Gasteiger partial charge on any atom is -0.478 e. The molecule has 0 radical (unpaired) electrons. The maximum Gasteiger partial charge on any atom is 0.338 e. The lowest BCUT2D eigenvalue weighted by atomic mass is 10.1. The number of hydrogen-bond donors (Lipinski definition) is 1. The van der Waals surface area contributed by atoms with Crippen LogP contribution < -0.4 is 0 Å². The number of carboxylic acid groups (broad SMARTS) is 1. The predicted molar refractivity (Wildman–Crippen MR) is 60.8 cm³/mol. The summed E-state index contributed by atoms with van der Waals surface area (Å²) < 4.78 is 26.2. The summed E-state index contributed by atoms with van der Waals surface area (Å²) in [5.41, 5.74) is -0.459. The Labute approximate surface area is 99.7 Å². The zero-order valence-electron chi connectivity index (χ0n) is 8.21. The molecule has 0 aliphatic rings. The normalized spacial score (nSPS) is 10.9. The number of allylic oxidation sites excluding steroid dienone is 1. The predicted octanol–water partition coefficient (Wildman–Crippen LogP) is 3.46. The van der Waals surface area contributed by atoms with Gasteiger partial charge in [0.15, 0.2) is 0 Å². The van der Waals surface area contributed by atoms with Crippen molar-refractivity contribution in [3.8, 4) is 0 Å². The van der Waals surface area contributed by atoms with E-state index < -0.39 is 23.2 Å². The number of hydrogen-bond acceptors (Lipinski definition) is 1. The van der Waals surface area contributed by atoms with Crippen molar-refractivity contribution in [1.29, 1.82) is 0 Å². The number of aromatic carboxylic acids is 1. The Morgan fingerprint density at radius 3 is 2.62 bits per heavy atom. The summed E-state index contributed by atoms with van der Waals surface area (Å²) >= 11 is 3.19. The van der Waals surface area contributed by atoms with Crippen molar-refractivity contribution >= 4 is 28.0 Å². The third kappa shape index (κ3) is 3.13. The zero-order chi connectivity index (χ0) is 12.1. The third-order valence-electron chi connectivity index (χ3n) is 1.89. The Kier molecular flexibility index (Phi) is 4.61. The summed E-state index contributed by atoms with van der Waals surface area (Å²) in [6.07, 6.45) is 3.79. The van der Waals surface area contributed by atoms with Gasteiger partial charge in [0, 0.05) is 17.0 Å². The van der Waals surface area contributed by atoms with Crippen LogP contribution in [0.5, 0.6) is 0 Å². The Morgan fingerprint density at radius 2 is 2.06 bits per heavy atom. The highest BCUT2D eigenvalue weighted by Crippen LogP contribution is 2.16. The van der Waals surface area contributed by atoms with Crippen LogP contribution in [-0.2, 0) is 0 Å². The molecule has 86 valence electrons. The van der Waals surface area contributed by atoms with Gasteiger partial charge >= 0.3 is 5.97 Å².